The van der Waals surface area contributed by atoms with E-state index < -0.39 is 59.4 Å². The van der Waals surface area contributed by atoms with Gasteiger partial charge in [-0.25, -0.2) is 9.97 Å². The highest BCUT2D eigenvalue weighted by Crippen LogP contribution is 2.33. The van der Waals surface area contributed by atoms with Gasteiger partial charge in [0.1, 0.15) is 46.6 Å². The van der Waals surface area contributed by atoms with Gasteiger partial charge in [-0.1, -0.05) is 116 Å². The summed E-state index contributed by atoms with van der Waals surface area (Å²) in [5.41, 5.74) is 3.05. The lowest BCUT2D eigenvalue weighted by molar-refractivity contribution is -0.125. The van der Waals surface area contributed by atoms with Crippen LogP contribution in [0.15, 0.2) is 97.3 Å². The topological polar surface area (TPSA) is 227 Å². The highest BCUT2D eigenvalue weighted by atomic mass is 16.3. The van der Waals surface area contributed by atoms with Crippen molar-refractivity contribution in [2.75, 3.05) is 0 Å². The zero-order valence-corrected chi connectivity index (χ0v) is 40.4. The molecule has 6 aromatic rings. The zero-order chi connectivity index (χ0) is 50.3. The number of imidazole rings is 2. The van der Waals surface area contributed by atoms with Crippen molar-refractivity contribution in [1.82, 2.24) is 40.4 Å². The van der Waals surface area contributed by atoms with Crippen molar-refractivity contribution in [1.29, 1.82) is 0 Å². The molecule has 0 aliphatic carbocycles. The number of aromatic nitrogens is 4. The van der Waals surface area contributed by atoms with Crippen LogP contribution in [0.25, 0.3) is 11.1 Å². The molecule has 0 saturated heterocycles. The standard InChI is InChI=1S/C54H58N8O8/c1-27(2)43-49-55-39-25-61(49)23-31-9-13-33(14-10-31)47(65)37-21-35(17-19-41(37)63)36-18-20-42(64)38(22-36)48(66)34-15-11-32(12-16-34)24-62-26-40(52(68)59-45(29(5)6)53(69)57-43)56-50(62)44(28(3)4)58-54(70)46(30(7)8)60-51(39)67/h9-22,25-30,43-46,63-64H,23-24H2,1-8H3,(H,57,69)(H,58,70)(H,59,68)(H,60,67)/t43-,44-,45-,46-/m1/s1. The fourth-order valence-electron chi connectivity index (χ4n) is 8.90. The maximum absolute atomic E-state index is 14.5. The Kier molecular flexibility index (Phi) is 13.6. The lowest BCUT2D eigenvalue weighted by atomic mass is 9.94. The average molecular weight is 947 g/mol. The first-order chi connectivity index (χ1) is 33.3. The largest absolute Gasteiger partial charge is 0.507 e. The number of benzene rings is 4. The van der Waals surface area contributed by atoms with Gasteiger partial charge < -0.3 is 40.6 Å². The van der Waals surface area contributed by atoms with Gasteiger partial charge in [0.05, 0.1) is 23.2 Å². The van der Waals surface area contributed by atoms with Gasteiger partial charge in [-0.05, 0) is 70.2 Å². The Balaban J connectivity index is 1.33. The Morgan fingerprint density at radius 2 is 0.786 bits per heavy atom. The maximum Gasteiger partial charge on any atom is 0.272 e. The minimum atomic E-state index is -1.04. The first-order valence-corrected chi connectivity index (χ1v) is 23.6. The predicted molar refractivity (Wildman–Crippen MR) is 261 cm³/mol. The second-order valence-electron chi connectivity index (χ2n) is 19.6. The van der Waals surface area contributed by atoms with Gasteiger partial charge in [-0.2, -0.15) is 0 Å². The molecule has 0 unspecified atom stereocenters. The maximum atomic E-state index is 14.5. The molecule has 0 radical (unpaired) electrons. The molecule has 0 spiro atoms. The normalized spacial score (nSPS) is 19.1. The summed E-state index contributed by atoms with van der Waals surface area (Å²) in [6, 6.07) is 19.0. The third-order valence-electron chi connectivity index (χ3n) is 13.0. The number of rotatable bonds is 4. The SMILES string of the molecule is CC(C)[C@H]1NC(=O)c2cn3c(n2)[C@@H](C(C)C)NC(=O)[C@@H](C(C)C)NC(=O)c2cn(c(n2)[C@@H](C(C)C)NC1=O)Cc1ccc(cc1)C(=O)c1cc(ccc1O)-c1ccc(O)c(c1)C(=O)c1ccc(cc1)C3. The second-order valence-corrected chi connectivity index (χ2v) is 19.6. The van der Waals surface area contributed by atoms with E-state index in [1.165, 1.54) is 12.1 Å². The number of carbonyl (C=O) groups excluding carboxylic acids is 6. The minimum Gasteiger partial charge on any atom is -0.507 e. The van der Waals surface area contributed by atoms with Gasteiger partial charge >= 0.3 is 0 Å². The molecule has 70 heavy (non-hydrogen) atoms. The first-order valence-electron chi connectivity index (χ1n) is 23.6. The van der Waals surface area contributed by atoms with Gasteiger partial charge in [0, 0.05) is 36.6 Å². The van der Waals surface area contributed by atoms with Crippen LogP contribution in [0.4, 0.5) is 0 Å². The summed E-state index contributed by atoms with van der Waals surface area (Å²) in [6.45, 7) is 15.2. The van der Waals surface area contributed by atoms with E-state index in [1.54, 1.807) is 94.3 Å². The number of ketones is 2. The lowest BCUT2D eigenvalue weighted by Gasteiger charge is -2.28. The lowest BCUT2D eigenvalue weighted by Crippen LogP contribution is -2.51. The summed E-state index contributed by atoms with van der Waals surface area (Å²) >= 11 is 0. The van der Waals surface area contributed by atoms with Crippen molar-refractivity contribution in [3.05, 3.63) is 154 Å². The molecule has 0 saturated carbocycles. The van der Waals surface area contributed by atoms with Gasteiger partial charge in [0.2, 0.25) is 11.8 Å². The van der Waals surface area contributed by atoms with Crippen LogP contribution >= 0.6 is 0 Å². The molecule has 7 aliphatic rings. The van der Waals surface area contributed by atoms with Crippen molar-refractivity contribution in [2.24, 2.45) is 23.7 Å². The van der Waals surface area contributed by atoms with Crippen LogP contribution in [0, 0.1) is 23.7 Å². The number of hydrogen-bond donors (Lipinski definition) is 6. The first kappa shape index (κ1) is 48.6. The Morgan fingerprint density at radius 3 is 1.11 bits per heavy atom. The van der Waals surface area contributed by atoms with Gasteiger partial charge in [0.15, 0.2) is 11.6 Å². The number of nitrogens with zero attached hydrogens (tertiary/aromatic N) is 4. The average Bonchev–Trinajstić information content (AvgIpc) is 3.94. The fourth-order valence-corrected chi connectivity index (χ4v) is 8.90. The molecule has 16 nitrogen and oxygen atoms in total. The van der Waals surface area contributed by atoms with E-state index in [0.29, 0.717) is 33.9 Å². The van der Waals surface area contributed by atoms with E-state index in [2.05, 4.69) is 21.3 Å². The van der Waals surface area contributed by atoms with Crippen LogP contribution < -0.4 is 21.3 Å². The van der Waals surface area contributed by atoms with Crippen LogP contribution in [0.2, 0.25) is 0 Å². The predicted octanol–water partition coefficient (Wildman–Crippen LogP) is 6.88. The molecule has 14 bridgehead atoms. The number of nitrogens with one attached hydrogen (secondary N) is 4. The van der Waals surface area contributed by atoms with Crippen LogP contribution in [0.1, 0.15) is 143 Å². The van der Waals surface area contributed by atoms with E-state index in [9.17, 15) is 39.0 Å². The summed E-state index contributed by atoms with van der Waals surface area (Å²) in [5.74, 6) is -4.25. The van der Waals surface area contributed by atoms with Crippen molar-refractivity contribution in [2.45, 2.75) is 92.6 Å². The van der Waals surface area contributed by atoms with Gasteiger partial charge in [-0.3, -0.25) is 28.8 Å². The molecule has 16 heteroatoms. The van der Waals surface area contributed by atoms with Gasteiger partial charge in [-0.15, -0.1) is 0 Å². The van der Waals surface area contributed by atoms with Crippen LogP contribution in [0.3, 0.4) is 0 Å². The minimum absolute atomic E-state index is 0.00311. The quantitative estimate of drug-likeness (QED) is 0.107. The number of phenolic OH excluding ortho intramolecular Hbond substituents is 2. The molecule has 13 rings (SSSR count). The van der Waals surface area contributed by atoms with E-state index in [4.69, 9.17) is 9.97 Å². The van der Waals surface area contributed by atoms with Crippen LogP contribution in [-0.4, -0.2) is 76.6 Å². The molecular weight excluding hydrogens is 889 g/mol. The van der Waals surface area contributed by atoms with Crippen molar-refractivity contribution in [3.63, 3.8) is 0 Å². The molecule has 7 aliphatic heterocycles. The number of phenols is 2. The Hall–Kier alpha value is -7.88. The third-order valence-corrected chi connectivity index (χ3v) is 13.0. The summed E-state index contributed by atoms with van der Waals surface area (Å²) in [4.78, 5) is 95.4. The molecule has 4 atom stereocenters. The fraction of sp³-hybridized carbons (Fsp3) is 0.333. The van der Waals surface area contributed by atoms with E-state index in [-0.39, 0.29) is 81.9 Å². The third kappa shape index (κ3) is 9.84. The Bertz CT molecular complexity index is 2820. The van der Waals surface area contributed by atoms with E-state index in [1.807, 2.05) is 55.4 Å². The highest BCUT2D eigenvalue weighted by Gasteiger charge is 2.35. The molecule has 2 aromatic heterocycles. The Labute approximate surface area is 405 Å². The molecule has 4 aromatic carbocycles. The molecule has 0 fully saturated rings. The number of aromatic hydroxyl groups is 2. The number of hydrogen-bond acceptors (Lipinski definition) is 10. The smallest absolute Gasteiger partial charge is 0.272 e. The van der Waals surface area contributed by atoms with E-state index >= 15 is 0 Å². The molecular formula is C54H58N8O8. The summed E-state index contributed by atoms with van der Waals surface area (Å²) < 4.78 is 3.49. The summed E-state index contributed by atoms with van der Waals surface area (Å²) in [7, 11) is 0. The molecule has 362 valence electrons. The van der Waals surface area contributed by atoms with E-state index in [0.717, 1.165) is 0 Å². The molecule has 6 N–H and O–H groups in total. The number of carbonyl (C=O) groups is 6. The second kappa shape index (κ2) is 19.6. The Morgan fingerprint density at radius 1 is 0.457 bits per heavy atom. The van der Waals surface area contributed by atoms with Crippen molar-refractivity contribution in [3.8, 4) is 22.6 Å². The van der Waals surface area contributed by atoms with Gasteiger partial charge in [0.25, 0.3) is 11.8 Å². The number of amides is 4. The van der Waals surface area contributed by atoms with Crippen LogP contribution in [-0.2, 0) is 22.7 Å². The molecule has 4 amide bonds. The highest BCUT2D eigenvalue weighted by molar-refractivity contribution is 6.12. The summed E-state index contributed by atoms with van der Waals surface area (Å²) in [5, 5.41) is 34.0. The monoisotopic (exact) mass is 946 g/mol. The van der Waals surface area contributed by atoms with Crippen molar-refractivity contribution >= 4 is 35.2 Å². The zero-order valence-electron chi connectivity index (χ0n) is 40.4. The summed E-state index contributed by atoms with van der Waals surface area (Å²) in [6.07, 6.45) is 3.14. The van der Waals surface area contributed by atoms with Crippen LogP contribution in [0.5, 0.6) is 11.5 Å². The molecule has 9 heterocycles. The van der Waals surface area contributed by atoms with Crippen molar-refractivity contribution < 1.29 is 39.0 Å².